The Balaban J connectivity index is 1.24. The van der Waals surface area contributed by atoms with E-state index in [-0.39, 0.29) is 24.3 Å². The van der Waals surface area contributed by atoms with Crippen molar-refractivity contribution < 1.29 is 14.3 Å². The lowest BCUT2D eigenvalue weighted by molar-refractivity contribution is -0.131. The molecule has 3 N–H and O–H groups in total. The van der Waals surface area contributed by atoms with Crippen LogP contribution in [0.4, 0.5) is 0 Å². The van der Waals surface area contributed by atoms with Crippen LogP contribution in [0.1, 0.15) is 130 Å². The van der Waals surface area contributed by atoms with E-state index in [9.17, 15) is 9.59 Å². The number of amides is 2. The van der Waals surface area contributed by atoms with Crippen LogP contribution in [0.2, 0.25) is 0 Å². The van der Waals surface area contributed by atoms with Gasteiger partial charge in [-0.15, -0.1) is 0 Å². The van der Waals surface area contributed by atoms with E-state index in [0.717, 1.165) is 41.1 Å². The highest BCUT2D eigenvalue weighted by Crippen LogP contribution is 2.28. The van der Waals surface area contributed by atoms with Crippen LogP contribution in [0.3, 0.4) is 0 Å². The average molecular weight is 606 g/mol. The zero-order valence-corrected chi connectivity index (χ0v) is 27.9. The molecular formula is C38H59N3O3. The van der Waals surface area contributed by atoms with Gasteiger partial charge in [-0.2, -0.15) is 0 Å². The number of rotatable bonds is 24. The summed E-state index contributed by atoms with van der Waals surface area (Å²) in [4.78, 5) is 29.1. The zero-order chi connectivity index (χ0) is 31.4. The summed E-state index contributed by atoms with van der Waals surface area (Å²) in [5, 5.41) is 8.26. The first-order chi connectivity index (χ1) is 21.5. The fourth-order valence-corrected chi connectivity index (χ4v) is 5.98. The molecule has 6 nitrogen and oxygen atoms in total. The number of H-pyrrole nitrogens is 1. The van der Waals surface area contributed by atoms with Crippen molar-refractivity contribution in [2.75, 3.05) is 13.2 Å². The summed E-state index contributed by atoms with van der Waals surface area (Å²) in [7, 11) is 0. The maximum absolute atomic E-state index is 13.0. The average Bonchev–Trinajstić information content (AvgIpc) is 3.41. The molecule has 3 aromatic rings. The molecule has 0 spiro atoms. The fraction of sp³-hybridized carbons (Fsp3) is 0.632. The molecule has 0 radical (unpaired) electrons. The SMILES string of the molecule is CCCCCCCCCCCCCCCCCCNC(=O)[C@H](NC(=O)COc1ccc2c(c1)[nH]c1ccccc12)C(C)CC. The normalized spacial score (nSPS) is 12.8. The van der Waals surface area contributed by atoms with Gasteiger partial charge in [0.1, 0.15) is 11.8 Å². The van der Waals surface area contributed by atoms with Gasteiger partial charge in [0.2, 0.25) is 5.91 Å². The fourth-order valence-electron chi connectivity index (χ4n) is 5.98. The lowest BCUT2D eigenvalue weighted by Gasteiger charge is -2.23. The van der Waals surface area contributed by atoms with Crippen molar-refractivity contribution in [1.82, 2.24) is 15.6 Å². The molecule has 0 aliphatic carbocycles. The van der Waals surface area contributed by atoms with E-state index in [0.29, 0.717) is 12.3 Å². The molecule has 1 aromatic heterocycles. The lowest BCUT2D eigenvalue weighted by Crippen LogP contribution is -2.51. The van der Waals surface area contributed by atoms with Crippen molar-refractivity contribution >= 4 is 33.6 Å². The Labute approximate surface area is 266 Å². The molecule has 0 saturated carbocycles. The van der Waals surface area contributed by atoms with Crippen molar-refractivity contribution in [3.8, 4) is 5.75 Å². The van der Waals surface area contributed by atoms with Crippen LogP contribution in [-0.2, 0) is 9.59 Å². The minimum absolute atomic E-state index is 0.0347. The number of fused-ring (bicyclic) bond motifs is 3. The van der Waals surface area contributed by atoms with E-state index in [2.05, 4.69) is 28.6 Å². The van der Waals surface area contributed by atoms with E-state index >= 15 is 0 Å². The largest absolute Gasteiger partial charge is 0.484 e. The standard InChI is InChI=1S/C38H59N3O3/c1-4-6-7-8-9-10-11-12-13-14-15-16-17-18-19-22-27-39-38(43)37(30(3)5-2)41-36(42)29-44-31-25-26-33-32-23-20-21-24-34(32)40-35(33)28-31/h20-21,23-26,28,30,37,40H,4-19,22,27,29H2,1-3H3,(H,39,43)(H,41,42)/t30?,37-/m1/s1. The van der Waals surface area contributed by atoms with Crippen LogP contribution in [0, 0.1) is 5.92 Å². The third kappa shape index (κ3) is 12.5. The quantitative estimate of drug-likeness (QED) is 0.0889. The Morgan fingerprint density at radius 1 is 0.727 bits per heavy atom. The number of nitrogens with one attached hydrogen (secondary N) is 3. The molecule has 2 aromatic carbocycles. The minimum Gasteiger partial charge on any atom is -0.484 e. The Morgan fingerprint density at radius 2 is 1.30 bits per heavy atom. The number of para-hydroxylation sites is 1. The van der Waals surface area contributed by atoms with E-state index in [1.165, 1.54) is 89.9 Å². The van der Waals surface area contributed by atoms with Crippen molar-refractivity contribution in [3.63, 3.8) is 0 Å². The van der Waals surface area contributed by atoms with Crippen molar-refractivity contribution in [1.29, 1.82) is 0 Å². The van der Waals surface area contributed by atoms with Gasteiger partial charge < -0.3 is 20.4 Å². The smallest absolute Gasteiger partial charge is 0.258 e. The molecular weight excluding hydrogens is 546 g/mol. The van der Waals surface area contributed by atoms with E-state index in [1.54, 1.807) is 0 Å². The number of carbonyl (C=O) groups is 2. The summed E-state index contributed by atoms with van der Waals surface area (Å²) >= 11 is 0. The van der Waals surface area contributed by atoms with Crippen LogP contribution in [0.5, 0.6) is 5.75 Å². The van der Waals surface area contributed by atoms with Crippen LogP contribution >= 0.6 is 0 Å². The first-order valence-electron chi connectivity index (χ1n) is 17.7. The predicted octanol–water partition coefficient (Wildman–Crippen LogP) is 9.61. The summed E-state index contributed by atoms with van der Waals surface area (Å²) in [6, 6.07) is 13.4. The molecule has 2 atom stereocenters. The minimum atomic E-state index is -0.562. The Bertz CT molecular complexity index is 1240. The van der Waals surface area contributed by atoms with Gasteiger partial charge in [-0.1, -0.05) is 142 Å². The molecule has 44 heavy (non-hydrogen) atoms. The third-order valence-corrected chi connectivity index (χ3v) is 8.99. The molecule has 0 aliphatic rings. The van der Waals surface area contributed by atoms with E-state index in [4.69, 9.17) is 4.74 Å². The second-order valence-corrected chi connectivity index (χ2v) is 12.7. The Kier molecular flexibility index (Phi) is 16.8. The molecule has 2 amide bonds. The highest BCUT2D eigenvalue weighted by atomic mass is 16.5. The summed E-state index contributed by atoms with van der Waals surface area (Å²) in [5.41, 5.74) is 2.04. The second kappa shape index (κ2) is 20.8. The molecule has 0 fully saturated rings. The molecule has 1 heterocycles. The zero-order valence-electron chi connectivity index (χ0n) is 27.9. The Hall–Kier alpha value is -3.02. The second-order valence-electron chi connectivity index (χ2n) is 12.7. The third-order valence-electron chi connectivity index (χ3n) is 8.99. The lowest BCUT2D eigenvalue weighted by atomic mass is 9.98. The summed E-state index contributed by atoms with van der Waals surface area (Å²) in [5.74, 6) is 0.262. The molecule has 3 rings (SSSR count). The summed E-state index contributed by atoms with van der Waals surface area (Å²) in [6.07, 6.45) is 22.1. The number of aromatic nitrogens is 1. The molecule has 0 aliphatic heterocycles. The van der Waals surface area contributed by atoms with Crippen LogP contribution in [-0.4, -0.2) is 36.0 Å². The number of carbonyl (C=O) groups excluding carboxylic acids is 2. The van der Waals surface area contributed by atoms with Gasteiger partial charge in [-0.3, -0.25) is 9.59 Å². The van der Waals surface area contributed by atoms with E-state index in [1.807, 2.05) is 50.2 Å². The van der Waals surface area contributed by atoms with Gasteiger partial charge >= 0.3 is 0 Å². The molecule has 244 valence electrons. The first kappa shape index (κ1) is 35.5. The number of hydrogen-bond donors (Lipinski definition) is 3. The maximum atomic E-state index is 13.0. The monoisotopic (exact) mass is 605 g/mol. The van der Waals surface area contributed by atoms with Crippen LogP contribution in [0.25, 0.3) is 21.8 Å². The van der Waals surface area contributed by atoms with E-state index < -0.39 is 6.04 Å². The van der Waals surface area contributed by atoms with Crippen molar-refractivity contribution in [2.24, 2.45) is 5.92 Å². The number of ether oxygens (including phenoxy) is 1. The van der Waals surface area contributed by atoms with Gasteiger partial charge in [0, 0.05) is 28.9 Å². The highest BCUT2D eigenvalue weighted by molar-refractivity contribution is 6.07. The van der Waals surface area contributed by atoms with Gasteiger partial charge in [-0.05, 0) is 30.5 Å². The van der Waals surface area contributed by atoms with Gasteiger partial charge in [0.05, 0.1) is 5.52 Å². The van der Waals surface area contributed by atoms with Gasteiger partial charge in [-0.25, -0.2) is 0 Å². The van der Waals surface area contributed by atoms with Crippen molar-refractivity contribution in [3.05, 3.63) is 42.5 Å². The van der Waals surface area contributed by atoms with Gasteiger partial charge in [0.25, 0.3) is 5.91 Å². The number of unbranched alkanes of at least 4 members (excludes halogenated alkanes) is 15. The molecule has 0 bridgehead atoms. The summed E-state index contributed by atoms with van der Waals surface area (Å²) < 4.78 is 5.80. The number of hydrogen-bond acceptors (Lipinski definition) is 3. The number of aromatic amines is 1. The topological polar surface area (TPSA) is 83.2 Å². The summed E-state index contributed by atoms with van der Waals surface area (Å²) in [6.45, 7) is 6.84. The Morgan fingerprint density at radius 3 is 1.91 bits per heavy atom. The first-order valence-corrected chi connectivity index (χ1v) is 17.7. The maximum Gasteiger partial charge on any atom is 0.258 e. The predicted molar refractivity (Wildman–Crippen MR) is 185 cm³/mol. The van der Waals surface area contributed by atoms with Crippen molar-refractivity contribution in [2.45, 2.75) is 136 Å². The van der Waals surface area contributed by atoms with Crippen LogP contribution < -0.4 is 15.4 Å². The van der Waals surface area contributed by atoms with Crippen LogP contribution in [0.15, 0.2) is 42.5 Å². The number of benzene rings is 2. The molecule has 0 saturated heterocycles. The highest BCUT2D eigenvalue weighted by Gasteiger charge is 2.25. The van der Waals surface area contributed by atoms with Gasteiger partial charge in [0.15, 0.2) is 6.61 Å². The molecule has 6 heteroatoms. The molecule has 1 unspecified atom stereocenters.